The lowest BCUT2D eigenvalue weighted by Gasteiger charge is -2.21. The van der Waals surface area contributed by atoms with Gasteiger partial charge in [0.2, 0.25) is 0 Å². The van der Waals surface area contributed by atoms with E-state index in [0.29, 0.717) is 0 Å². The van der Waals surface area contributed by atoms with Crippen molar-refractivity contribution in [3.63, 3.8) is 0 Å². The number of carbonyl (C=O) groups excluding carboxylic acids is 1. The highest BCUT2D eigenvalue weighted by atomic mass is 16.6. The van der Waals surface area contributed by atoms with E-state index in [-0.39, 0.29) is 13.2 Å². The summed E-state index contributed by atoms with van der Waals surface area (Å²) in [5, 5.41) is 28.0. The summed E-state index contributed by atoms with van der Waals surface area (Å²) < 4.78 is 4.99. The van der Waals surface area contributed by atoms with Crippen LogP contribution in [-0.2, 0) is 16.1 Å². The zero-order valence-corrected chi connectivity index (χ0v) is 10.5. The first-order chi connectivity index (χ1) is 9.50. The Morgan fingerprint density at radius 1 is 1.25 bits per heavy atom. The lowest BCUT2D eigenvalue weighted by molar-refractivity contribution is -0.145. The van der Waals surface area contributed by atoms with Crippen molar-refractivity contribution in [3.05, 3.63) is 35.9 Å². The normalized spacial score (nSPS) is 25.5. The Balaban J connectivity index is 1.99. The number of β-amino-alcohol motifs (C(OH)–C–C–N with tert-alkyl or cyclic N) is 1. The van der Waals surface area contributed by atoms with E-state index in [1.807, 2.05) is 6.07 Å². The molecule has 0 saturated carbocycles. The molecule has 7 nitrogen and oxygen atoms in total. The maximum absolute atomic E-state index is 11.8. The molecule has 1 aliphatic rings. The average Bonchev–Trinajstić information content (AvgIpc) is 2.73. The van der Waals surface area contributed by atoms with Crippen LogP contribution in [0.15, 0.2) is 30.3 Å². The SMILES string of the molecule is O=C(O)C1C(O)C(O)CN1C(=O)OCc1ccccc1. The van der Waals surface area contributed by atoms with Crippen molar-refractivity contribution in [1.82, 2.24) is 4.90 Å². The summed E-state index contributed by atoms with van der Waals surface area (Å²) in [6.07, 6.45) is -3.69. The van der Waals surface area contributed by atoms with Gasteiger partial charge in [-0.25, -0.2) is 9.59 Å². The first-order valence-electron chi connectivity index (χ1n) is 6.07. The third-order valence-electron chi connectivity index (χ3n) is 3.13. The minimum atomic E-state index is -1.52. The van der Waals surface area contributed by atoms with Gasteiger partial charge in [-0.3, -0.25) is 4.90 Å². The van der Waals surface area contributed by atoms with Crippen LogP contribution in [0.2, 0.25) is 0 Å². The summed E-state index contributed by atoms with van der Waals surface area (Å²) in [7, 11) is 0. The second-order valence-electron chi connectivity index (χ2n) is 4.53. The van der Waals surface area contributed by atoms with Crippen LogP contribution in [0.5, 0.6) is 0 Å². The van der Waals surface area contributed by atoms with Crippen LogP contribution < -0.4 is 0 Å². The monoisotopic (exact) mass is 281 g/mol. The Bertz CT molecular complexity index is 491. The van der Waals surface area contributed by atoms with Gasteiger partial charge < -0.3 is 20.1 Å². The summed E-state index contributed by atoms with van der Waals surface area (Å²) in [5.74, 6) is -1.38. The molecule has 3 unspecified atom stereocenters. The van der Waals surface area contributed by atoms with Gasteiger partial charge >= 0.3 is 12.1 Å². The molecule has 1 aliphatic heterocycles. The summed E-state index contributed by atoms with van der Waals surface area (Å²) in [6, 6.07) is 7.41. The minimum absolute atomic E-state index is 0.00526. The summed E-state index contributed by atoms with van der Waals surface area (Å²) in [6.45, 7) is -0.277. The number of carboxylic acids is 1. The Morgan fingerprint density at radius 2 is 1.90 bits per heavy atom. The highest BCUT2D eigenvalue weighted by Gasteiger charge is 2.47. The van der Waals surface area contributed by atoms with E-state index in [0.717, 1.165) is 10.5 Å². The summed E-state index contributed by atoms with van der Waals surface area (Å²) in [4.78, 5) is 23.7. The lowest BCUT2D eigenvalue weighted by Crippen LogP contribution is -2.45. The third kappa shape index (κ3) is 2.89. The molecule has 1 aromatic carbocycles. The molecule has 1 amide bonds. The van der Waals surface area contributed by atoms with Gasteiger partial charge in [0.1, 0.15) is 18.8 Å². The summed E-state index contributed by atoms with van der Waals surface area (Å²) >= 11 is 0. The number of rotatable bonds is 3. The van der Waals surface area contributed by atoms with Gasteiger partial charge in [-0.05, 0) is 5.56 Å². The van der Waals surface area contributed by atoms with Crippen LogP contribution in [0.25, 0.3) is 0 Å². The number of amides is 1. The van der Waals surface area contributed by atoms with E-state index in [9.17, 15) is 19.8 Å². The van der Waals surface area contributed by atoms with Crippen molar-refractivity contribution >= 4 is 12.1 Å². The minimum Gasteiger partial charge on any atom is -0.480 e. The van der Waals surface area contributed by atoms with Gasteiger partial charge in [-0.1, -0.05) is 30.3 Å². The Labute approximate surface area is 115 Å². The van der Waals surface area contributed by atoms with Crippen molar-refractivity contribution < 1.29 is 29.6 Å². The van der Waals surface area contributed by atoms with Gasteiger partial charge in [-0.15, -0.1) is 0 Å². The Kier molecular flexibility index (Phi) is 4.21. The molecule has 1 heterocycles. The molecule has 0 radical (unpaired) electrons. The molecule has 0 spiro atoms. The van der Waals surface area contributed by atoms with E-state index >= 15 is 0 Å². The molecule has 2 rings (SSSR count). The van der Waals surface area contributed by atoms with Crippen molar-refractivity contribution in [2.45, 2.75) is 24.9 Å². The van der Waals surface area contributed by atoms with E-state index in [1.54, 1.807) is 24.3 Å². The second kappa shape index (κ2) is 5.89. The van der Waals surface area contributed by atoms with Gasteiger partial charge in [0, 0.05) is 0 Å². The van der Waals surface area contributed by atoms with Crippen LogP contribution in [0.4, 0.5) is 4.79 Å². The van der Waals surface area contributed by atoms with E-state index in [2.05, 4.69) is 0 Å². The van der Waals surface area contributed by atoms with Crippen LogP contribution >= 0.6 is 0 Å². The highest BCUT2D eigenvalue weighted by Crippen LogP contribution is 2.20. The molecule has 1 fully saturated rings. The van der Waals surface area contributed by atoms with Gasteiger partial charge in [-0.2, -0.15) is 0 Å². The number of benzene rings is 1. The fourth-order valence-corrected chi connectivity index (χ4v) is 2.09. The van der Waals surface area contributed by atoms with Gasteiger partial charge in [0.25, 0.3) is 0 Å². The topological polar surface area (TPSA) is 107 Å². The molecule has 3 atom stereocenters. The maximum Gasteiger partial charge on any atom is 0.411 e. The first-order valence-corrected chi connectivity index (χ1v) is 6.07. The molecule has 0 bridgehead atoms. The number of ether oxygens (including phenoxy) is 1. The fourth-order valence-electron chi connectivity index (χ4n) is 2.09. The number of aliphatic hydroxyl groups is 2. The standard InChI is InChI=1S/C13H15NO6/c15-9-6-14(10(11(9)16)12(17)18)13(19)20-7-8-4-2-1-3-5-8/h1-5,9-11,15-16H,6-7H2,(H,17,18). The highest BCUT2D eigenvalue weighted by molar-refractivity contribution is 5.81. The van der Waals surface area contributed by atoms with Crippen LogP contribution in [0.3, 0.4) is 0 Å². The van der Waals surface area contributed by atoms with Crippen molar-refractivity contribution in [2.75, 3.05) is 6.54 Å². The zero-order valence-electron chi connectivity index (χ0n) is 10.5. The predicted molar refractivity (Wildman–Crippen MR) is 66.8 cm³/mol. The number of carbonyl (C=O) groups is 2. The number of nitrogens with zero attached hydrogens (tertiary/aromatic N) is 1. The fraction of sp³-hybridized carbons (Fsp3) is 0.385. The molecule has 7 heteroatoms. The van der Waals surface area contributed by atoms with E-state index in [4.69, 9.17) is 9.84 Å². The van der Waals surface area contributed by atoms with Crippen LogP contribution in [-0.4, -0.2) is 57.1 Å². The average molecular weight is 281 g/mol. The Morgan fingerprint density at radius 3 is 2.50 bits per heavy atom. The molecule has 0 aliphatic carbocycles. The van der Waals surface area contributed by atoms with E-state index in [1.165, 1.54) is 0 Å². The number of hydrogen-bond acceptors (Lipinski definition) is 5. The predicted octanol–water partition coefficient (Wildman–Crippen LogP) is -0.186. The number of aliphatic carboxylic acids is 1. The Hall–Kier alpha value is -2.12. The molecular weight excluding hydrogens is 266 g/mol. The van der Waals surface area contributed by atoms with Gasteiger partial charge in [0.15, 0.2) is 6.04 Å². The maximum atomic E-state index is 11.8. The quantitative estimate of drug-likeness (QED) is 0.709. The first kappa shape index (κ1) is 14.3. The number of carboxylic acid groups (broad SMARTS) is 1. The summed E-state index contributed by atoms with van der Waals surface area (Å²) in [5.41, 5.74) is 0.757. The molecule has 1 aromatic rings. The van der Waals surface area contributed by atoms with Gasteiger partial charge in [0.05, 0.1) is 6.54 Å². The van der Waals surface area contributed by atoms with E-state index < -0.39 is 30.3 Å². The molecule has 3 N–H and O–H groups in total. The molecule has 20 heavy (non-hydrogen) atoms. The van der Waals surface area contributed by atoms with Crippen LogP contribution in [0, 0.1) is 0 Å². The van der Waals surface area contributed by atoms with Crippen molar-refractivity contribution in [1.29, 1.82) is 0 Å². The number of hydrogen-bond donors (Lipinski definition) is 3. The molecule has 108 valence electrons. The molecule has 1 saturated heterocycles. The number of aliphatic hydroxyl groups excluding tert-OH is 2. The second-order valence-corrected chi connectivity index (χ2v) is 4.53. The van der Waals surface area contributed by atoms with Crippen LogP contribution in [0.1, 0.15) is 5.56 Å². The lowest BCUT2D eigenvalue weighted by atomic mass is 10.1. The third-order valence-corrected chi connectivity index (χ3v) is 3.13. The zero-order chi connectivity index (χ0) is 14.7. The molecule has 0 aromatic heterocycles. The van der Waals surface area contributed by atoms with Crippen molar-refractivity contribution in [2.24, 2.45) is 0 Å². The molecular formula is C13H15NO6. The smallest absolute Gasteiger partial charge is 0.411 e. The largest absolute Gasteiger partial charge is 0.480 e. The van der Waals surface area contributed by atoms with Crippen molar-refractivity contribution in [3.8, 4) is 0 Å². The number of likely N-dealkylation sites (tertiary alicyclic amines) is 1.